The highest BCUT2D eigenvalue weighted by molar-refractivity contribution is 5.56. The van der Waals surface area contributed by atoms with Crippen LogP contribution in [0.1, 0.15) is 12.5 Å². The van der Waals surface area contributed by atoms with Crippen LogP contribution in [0.25, 0.3) is 0 Å². The number of rotatable bonds is 1. The smallest absolute Gasteiger partial charge is 0.119 e. The van der Waals surface area contributed by atoms with Gasteiger partial charge in [-0.1, -0.05) is 6.92 Å². The first-order valence-electron chi connectivity index (χ1n) is 4.70. The van der Waals surface area contributed by atoms with Crippen LogP contribution in [0.5, 0.6) is 5.75 Å². The van der Waals surface area contributed by atoms with Crippen LogP contribution in [0.15, 0.2) is 18.2 Å². The summed E-state index contributed by atoms with van der Waals surface area (Å²) >= 11 is 0. The standard InChI is InChI=1S/C11H15NO/c1-8-5-9-6-10(13-2)3-4-11(9)12-7-8/h3-4,6,8,12H,5,7H2,1-2H3/t8-/m0/s1. The number of methoxy groups -OCH3 is 1. The van der Waals surface area contributed by atoms with Gasteiger partial charge in [0.05, 0.1) is 7.11 Å². The molecule has 0 fully saturated rings. The fraction of sp³-hybridized carbons (Fsp3) is 0.455. The third-order valence-corrected chi connectivity index (χ3v) is 2.52. The van der Waals surface area contributed by atoms with Gasteiger partial charge in [0.1, 0.15) is 5.75 Å². The summed E-state index contributed by atoms with van der Waals surface area (Å²) in [7, 11) is 1.71. The van der Waals surface area contributed by atoms with E-state index in [2.05, 4.69) is 24.4 Å². The Hall–Kier alpha value is -1.18. The number of benzene rings is 1. The van der Waals surface area contributed by atoms with Crippen molar-refractivity contribution in [3.05, 3.63) is 23.8 Å². The summed E-state index contributed by atoms with van der Waals surface area (Å²) in [4.78, 5) is 0. The van der Waals surface area contributed by atoms with Crippen molar-refractivity contribution in [1.29, 1.82) is 0 Å². The SMILES string of the molecule is COc1ccc2c(c1)C[C@H](C)CN2. The minimum Gasteiger partial charge on any atom is -0.497 e. The zero-order valence-electron chi connectivity index (χ0n) is 8.13. The first kappa shape index (κ1) is 8.42. The molecule has 0 saturated carbocycles. The molecule has 1 aromatic rings. The van der Waals surface area contributed by atoms with Gasteiger partial charge in [0.15, 0.2) is 0 Å². The zero-order valence-corrected chi connectivity index (χ0v) is 8.13. The minimum absolute atomic E-state index is 0.722. The lowest BCUT2D eigenvalue weighted by atomic mass is 9.95. The number of nitrogens with one attached hydrogen (secondary N) is 1. The zero-order chi connectivity index (χ0) is 9.26. The fourth-order valence-corrected chi connectivity index (χ4v) is 1.77. The molecule has 0 saturated heterocycles. The fourth-order valence-electron chi connectivity index (χ4n) is 1.77. The summed E-state index contributed by atoms with van der Waals surface area (Å²) in [6.45, 7) is 3.34. The Morgan fingerprint density at radius 2 is 2.31 bits per heavy atom. The second-order valence-corrected chi connectivity index (χ2v) is 3.71. The summed E-state index contributed by atoms with van der Waals surface area (Å²) in [6.07, 6.45) is 1.15. The van der Waals surface area contributed by atoms with Crippen molar-refractivity contribution >= 4 is 5.69 Å². The molecule has 0 aliphatic carbocycles. The van der Waals surface area contributed by atoms with Crippen LogP contribution in [0, 0.1) is 5.92 Å². The van der Waals surface area contributed by atoms with Crippen molar-refractivity contribution in [3.8, 4) is 5.75 Å². The molecule has 1 aliphatic heterocycles. The molecule has 1 aliphatic rings. The molecular formula is C11H15NO. The Bertz CT molecular complexity index is 309. The van der Waals surface area contributed by atoms with E-state index in [4.69, 9.17) is 4.74 Å². The van der Waals surface area contributed by atoms with Crippen LogP contribution in [-0.4, -0.2) is 13.7 Å². The van der Waals surface area contributed by atoms with Crippen LogP contribution in [0.3, 0.4) is 0 Å². The van der Waals surface area contributed by atoms with Crippen molar-refractivity contribution in [2.45, 2.75) is 13.3 Å². The topological polar surface area (TPSA) is 21.3 Å². The molecule has 2 nitrogen and oxygen atoms in total. The quantitative estimate of drug-likeness (QED) is 0.710. The van der Waals surface area contributed by atoms with Gasteiger partial charge in [-0.15, -0.1) is 0 Å². The van der Waals surface area contributed by atoms with E-state index >= 15 is 0 Å². The Kier molecular flexibility index (Phi) is 2.13. The van der Waals surface area contributed by atoms with E-state index in [1.807, 2.05) is 6.07 Å². The molecule has 1 atom stereocenters. The van der Waals surface area contributed by atoms with Gasteiger partial charge < -0.3 is 10.1 Å². The number of hydrogen-bond donors (Lipinski definition) is 1. The first-order valence-corrected chi connectivity index (χ1v) is 4.70. The third-order valence-electron chi connectivity index (χ3n) is 2.52. The van der Waals surface area contributed by atoms with Crippen LogP contribution in [0.4, 0.5) is 5.69 Å². The normalized spacial score (nSPS) is 20.3. The van der Waals surface area contributed by atoms with Gasteiger partial charge in [0, 0.05) is 12.2 Å². The maximum Gasteiger partial charge on any atom is 0.119 e. The second-order valence-electron chi connectivity index (χ2n) is 3.71. The molecular weight excluding hydrogens is 162 g/mol. The largest absolute Gasteiger partial charge is 0.497 e. The maximum absolute atomic E-state index is 5.19. The Labute approximate surface area is 78.9 Å². The Balaban J connectivity index is 2.32. The highest BCUT2D eigenvalue weighted by atomic mass is 16.5. The van der Waals surface area contributed by atoms with E-state index < -0.39 is 0 Å². The molecule has 0 unspecified atom stereocenters. The van der Waals surface area contributed by atoms with Crippen molar-refractivity contribution in [2.24, 2.45) is 5.92 Å². The molecule has 1 aromatic carbocycles. The predicted molar refractivity (Wildman–Crippen MR) is 54.4 cm³/mol. The second kappa shape index (κ2) is 3.29. The number of hydrogen-bond acceptors (Lipinski definition) is 2. The molecule has 2 heteroatoms. The molecule has 2 rings (SSSR count). The number of anilines is 1. The number of fused-ring (bicyclic) bond motifs is 1. The average molecular weight is 177 g/mol. The van der Waals surface area contributed by atoms with Gasteiger partial charge in [-0.3, -0.25) is 0 Å². The summed E-state index contributed by atoms with van der Waals surface area (Å²) in [6, 6.07) is 6.22. The van der Waals surface area contributed by atoms with E-state index in [1.165, 1.54) is 11.3 Å². The summed E-state index contributed by atoms with van der Waals surface area (Å²) in [5.41, 5.74) is 2.64. The van der Waals surface area contributed by atoms with Crippen LogP contribution in [0.2, 0.25) is 0 Å². The van der Waals surface area contributed by atoms with E-state index in [0.717, 1.165) is 24.6 Å². The summed E-state index contributed by atoms with van der Waals surface area (Å²) in [5, 5.41) is 3.41. The van der Waals surface area contributed by atoms with Gasteiger partial charge in [-0.2, -0.15) is 0 Å². The van der Waals surface area contributed by atoms with E-state index in [0.29, 0.717) is 0 Å². The molecule has 0 aromatic heterocycles. The van der Waals surface area contributed by atoms with Crippen molar-refractivity contribution < 1.29 is 4.74 Å². The monoisotopic (exact) mass is 177 g/mol. The van der Waals surface area contributed by atoms with Crippen LogP contribution >= 0.6 is 0 Å². The molecule has 0 amide bonds. The predicted octanol–water partition coefficient (Wildman–Crippen LogP) is 2.30. The lowest BCUT2D eigenvalue weighted by molar-refractivity contribution is 0.413. The highest BCUT2D eigenvalue weighted by Gasteiger charge is 2.14. The molecule has 0 bridgehead atoms. The van der Waals surface area contributed by atoms with E-state index in [-0.39, 0.29) is 0 Å². The van der Waals surface area contributed by atoms with Gasteiger partial charge in [0.2, 0.25) is 0 Å². The van der Waals surface area contributed by atoms with Gasteiger partial charge in [0.25, 0.3) is 0 Å². The summed E-state index contributed by atoms with van der Waals surface area (Å²) in [5.74, 6) is 1.68. The van der Waals surface area contributed by atoms with E-state index in [9.17, 15) is 0 Å². The third kappa shape index (κ3) is 1.62. The van der Waals surface area contributed by atoms with Crippen LogP contribution in [-0.2, 0) is 6.42 Å². The molecule has 0 spiro atoms. The van der Waals surface area contributed by atoms with Crippen LogP contribution < -0.4 is 10.1 Å². The molecule has 13 heavy (non-hydrogen) atoms. The van der Waals surface area contributed by atoms with Crippen molar-refractivity contribution in [2.75, 3.05) is 19.0 Å². The first-order chi connectivity index (χ1) is 6.29. The van der Waals surface area contributed by atoms with Gasteiger partial charge in [-0.05, 0) is 36.1 Å². The average Bonchev–Trinajstić information content (AvgIpc) is 2.16. The van der Waals surface area contributed by atoms with Crippen molar-refractivity contribution in [1.82, 2.24) is 0 Å². The molecule has 1 N–H and O–H groups in total. The number of ether oxygens (including phenoxy) is 1. The molecule has 0 radical (unpaired) electrons. The van der Waals surface area contributed by atoms with Gasteiger partial charge >= 0.3 is 0 Å². The maximum atomic E-state index is 5.19. The highest BCUT2D eigenvalue weighted by Crippen LogP contribution is 2.27. The van der Waals surface area contributed by atoms with Gasteiger partial charge in [-0.25, -0.2) is 0 Å². The molecule has 70 valence electrons. The summed E-state index contributed by atoms with van der Waals surface area (Å²) < 4.78 is 5.19. The molecule has 1 heterocycles. The lowest BCUT2D eigenvalue weighted by Crippen LogP contribution is -2.20. The van der Waals surface area contributed by atoms with E-state index in [1.54, 1.807) is 7.11 Å². The lowest BCUT2D eigenvalue weighted by Gasteiger charge is -2.23. The minimum atomic E-state index is 0.722. The Morgan fingerprint density at radius 1 is 1.46 bits per heavy atom. The van der Waals surface area contributed by atoms with Crippen molar-refractivity contribution in [3.63, 3.8) is 0 Å². The Morgan fingerprint density at radius 3 is 3.08 bits per heavy atom.